The van der Waals surface area contributed by atoms with E-state index in [1.165, 1.54) is 11.1 Å². The van der Waals surface area contributed by atoms with E-state index in [-0.39, 0.29) is 0 Å². The summed E-state index contributed by atoms with van der Waals surface area (Å²) in [6.45, 7) is 5.93. The van der Waals surface area contributed by atoms with Gasteiger partial charge in [-0.1, -0.05) is 41.9 Å². The molecule has 0 bridgehead atoms. The molecule has 3 rings (SSSR count). The third-order valence-corrected chi connectivity index (χ3v) is 5.25. The second-order valence-electron chi connectivity index (χ2n) is 6.91. The lowest BCUT2D eigenvalue weighted by Crippen LogP contribution is -2.45. The van der Waals surface area contributed by atoms with Crippen LogP contribution in [0, 0.1) is 0 Å². The molecule has 0 amide bonds. The average molecular weight is 451 g/mol. The molecule has 0 spiro atoms. The second kappa shape index (κ2) is 12.1. The van der Waals surface area contributed by atoms with Crippen LogP contribution in [0.3, 0.4) is 0 Å². The van der Waals surface area contributed by atoms with Crippen molar-refractivity contribution in [2.45, 2.75) is 13.1 Å². The molecule has 2 aromatic rings. The molecular formula is C22H27ClN2O6. The van der Waals surface area contributed by atoms with Crippen LogP contribution in [0.5, 0.6) is 11.5 Å². The summed E-state index contributed by atoms with van der Waals surface area (Å²) < 4.78 is 10.9. The first kappa shape index (κ1) is 24.5. The highest BCUT2D eigenvalue weighted by Crippen LogP contribution is 2.31. The van der Waals surface area contributed by atoms with E-state index < -0.39 is 11.9 Å². The van der Waals surface area contributed by atoms with E-state index in [0.717, 1.165) is 55.8 Å². The van der Waals surface area contributed by atoms with Crippen molar-refractivity contribution >= 4 is 23.5 Å². The van der Waals surface area contributed by atoms with Gasteiger partial charge in [0, 0.05) is 49.9 Å². The summed E-state index contributed by atoms with van der Waals surface area (Å²) in [4.78, 5) is 23.1. The number of halogens is 1. The van der Waals surface area contributed by atoms with Crippen LogP contribution in [0.15, 0.2) is 42.5 Å². The molecule has 1 heterocycles. The maximum Gasteiger partial charge on any atom is 0.414 e. The van der Waals surface area contributed by atoms with Crippen LogP contribution in [0.1, 0.15) is 11.1 Å². The van der Waals surface area contributed by atoms with E-state index in [4.69, 9.17) is 40.9 Å². The Hall–Kier alpha value is -2.81. The van der Waals surface area contributed by atoms with Crippen molar-refractivity contribution < 1.29 is 29.3 Å². The number of nitrogens with zero attached hydrogens (tertiary/aromatic N) is 2. The number of carbonyl (C=O) groups is 2. The summed E-state index contributed by atoms with van der Waals surface area (Å²) in [7, 11) is 3.37. The van der Waals surface area contributed by atoms with E-state index in [9.17, 15) is 0 Å². The SMILES string of the molecule is COc1cccc(CN2CCN(Cc3ccccc3Cl)CC2)c1OC.O=C(O)C(=O)O. The normalized spacial score (nSPS) is 14.3. The number of carboxylic acid groups (broad SMARTS) is 2. The lowest BCUT2D eigenvalue weighted by Gasteiger charge is -2.35. The lowest BCUT2D eigenvalue weighted by molar-refractivity contribution is -0.159. The van der Waals surface area contributed by atoms with Gasteiger partial charge in [-0.3, -0.25) is 9.80 Å². The smallest absolute Gasteiger partial charge is 0.414 e. The van der Waals surface area contributed by atoms with Gasteiger partial charge in [0.05, 0.1) is 14.2 Å². The van der Waals surface area contributed by atoms with Crippen LogP contribution in [-0.2, 0) is 22.7 Å². The number of rotatable bonds is 6. The Morgan fingerprint density at radius 1 is 0.839 bits per heavy atom. The highest BCUT2D eigenvalue weighted by Gasteiger charge is 2.20. The summed E-state index contributed by atoms with van der Waals surface area (Å²) in [5.74, 6) is -2.02. The zero-order chi connectivity index (χ0) is 22.8. The first-order valence-electron chi connectivity index (χ1n) is 9.70. The van der Waals surface area contributed by atoms with E-state index in [2.05, 4.69) is 21.9 Å². The number of carboxylic acids is 2. The molecular weight excluding hydrogens is 424 g/mol. The van der Waals surface area contributed by atoms with Crippen LogP contribution in [0.4, 0.5) is 0 Å². The molecule has 2 N–H and O–H groups in total. The molecule has 9 heteroatoms. The number of hydrogen-bond donors (Lipinski definition) is 2. The van der Waals surface area contributed by atoms with Crippen molar-refractivity contribution in [3.63, 3.8) is 0 Å². The van der Waals surface area contributed by atoms with Crippen molar-refractivity contribution in [2.75, 3.05) is 40.4 Å². The minimum Gasteiger partial charge on any atom is -0.493 e. The number of para-hydroxylation sites is 1. The van der Waals surface area contributed by atoms with Crippen molar-refractivity contribution in [3.8, 4) is 11.5 Å². The molecule has 8 nitrogen and oxygen atoms in total. The number of ether oxygens (including phenoxy) is 2. The predicted molar refractivity (Wildman–Crippen MR) is 117 cm³/mol. The molecule has 1 saturated heterocycles. The van der Waals surface area contributed by atoms with Gasteiger partial charge in [-0.25, -0.2) is 9.59 Å². The summed E-state index contributed by atoms with van der Waals surface area (Å²) in [5.41, 5.74) is 2.37. The Labute approximate surface area is 186 Å². The van der Waals surface area contributed by atoms with Crippen LogP contribution >= 0.6 is 11.6 Å². The van der Waals surface area contributed by atoms with Crippen molar-refractivity contribution in [1.82, 2.24) is 9.80 Å². The number of methoxy groups -OCH3 is 2. The fraction of sp³-hybridized carbons (Fsp3) is 0.364. The van der Waals surface area contributed by atoms with E-state index in [1.807, 2.05) is 30.3 Å². The number of hydrogen-bond acceptors (Lipinski definition) is 6. The van der Waals surface area contributed by atoms with Crippen LogP contribution in [-0.4, -0.2) is 72.4 Å². The van der Waals surface area contributed by atoms with Gasteiger partial charge in [0.25, 0.3) is 0 Å². The van der Waals surface area contributed by atoms with Gasteiger partial charge >= 0.3 is 11.9 Å². The zero-order valence-electron chi connectivity index (χ0n) is 17.6. The molecule has 0 saturated carbocycles. The fourth-order valence-electron chi connectivity index (χ4n) is 3.29. The molecule has 1 aliphatic heterocycles. The number of piperazine rings is 1. The second-order valence-corrected chi connectivity index (χ2v) is 7.31. The summed E-state index contributed by atoms with van der Waals surface area (Å²) in [6, 6.07) is 14.2. The molecule has 1 fully saturated rings. The molecule has 0 atom stereocenters. The Kier molecular flexibility index (Phi) is 9.58. The first-order chi connectivity index (χ1) is 14.8. The van der Waals surface area contributed by atoms with Crippen LogP contribution in [0.2, 0.25) is 5.02 Å². The summed E-state index contributed by atoms with van der Waals surface area (Å²) >= 11 is 6.28. The zero-order valence-corrected chi connectivity index (χ0v) is 18.3. The summed E-state index contributed by atoms with van der Waals surface area (Å²) in [5, 5.41) is 15.6. The minimum atomic E-state index is -1.82. The summed E-state index contributed by atoms with van der Waals surface area (Å²) in [6.07, 6.45) is 0. The molecule has 2 aromatic carbocycles. The number of benzene rings is 2. The highest BCUT2D eigenvalue weighted by molar-refractivity contribution is 6.31. The quantitative estimate of drug-likeness (QED) is 0.648. The molecule has 1 aliphatic rings. The molecule has 0 radical (unpaired) electrons. The topological polar surface area (TPSA) is 99.5 Å². The lowest BCUT2D eigenvalue weighted by atomic mass is 10.1. The van der Waals surface area contributed by atoms with Gasteiger partial charge in [0.15, 0.2) is 11.5 Å². The molecule has 168 valence electrons. The third kappa shape index (κ3) is 7.43. The standard InChI is InChI=1S/C20H25ClN2O2.C2H2O4/c1-24-19-9-5-7-17(20(19)25-2)15-23-12-10-22(11-13-23)14-16-6-3-4-8-18(16)21;3-1(4)2(5)6/h3-9H,10-15H2,1-2H3;(H,3,4)(H,5,6). The Bertz CT molecular complexity index is 872. The van der Waals surface area contributed by atoms with Gasteiger partial charge < -0.3 is 19.7 Å². The monoisotopic (exact) mass is 450 g/mol. The van der Waals surface area contributed by atoms with Gasteiger partial charge in [-0.2, -0.15) is 0 Å². The van der Waals surface area contributed by atoms with Gasteiger partial charge in [-0.15, -0.1) is 0 Å². The van der Waals surface area contributed by atoms with Crippen LogP contribution < -0.4 is 9.47 Å². The van der Waals surface area contributed by atoms with E-state index >= 15 is 0 Å². The maximum absolute atomic E-state index is 9.10. The van der Waals surface area contributed by atoms with Gasteiger partial charge in [0.2, 0.25) is 0 Å². The van der Waals surface area contributed by atoms with Crippen molar-refractivity contribution in [2.24, 2.45) is 0 Å². The largest absolute Gasteiger partial charge is 0.493 e. The Morgan fingerprint density at radius 3 is 1.84 bits per heavy atom. The Morgan fingerprint density at radius 2 is 1.35 bits per heavy atom. The average Bonchev–Trinajstić information content (AvgIpc) is 2.76. The molecule has 0 aromatic heterocycles. The predicted octanol–water partition coefficient (Wildman–Crippen LogP) is 2.83. The number of aliphatic carboxylic acids is 2. The van der Waals surface area contributed by atoms with Crippen molar-refractivity contribution in [3.05, 3.63) is 58.6 Å². The maximum atomic E-state index is 9.10. The van der Waals surface area contributed by atoms with Gasteiger partial charge in [-0.05, 0) is 17.7 Å². The Balaban J connectivity index is 0.000000501. The first-order valence-corrected chi connectivity index (χ1v) is 10.1. The van der Waals surface area contributed by atoms with Crippen LogP contribution in [0.25, 0.3) is 0 Å². The fourth-order valence-corrected chi connectivity index (χ4v) is 3.49. The highest BCUT2D eigenvalue weighted by atomic mass is 35.5. The van der Waals surface area contributed by atoms with Gasteiger partial charge in [0.1, 0.15) is 0 Å². The molecule has 0 aliphatic carbocycles. The molecule has 0 unspecified atom stereocenters. The van der Waals surface area contributed by atoms with E-state index in [1.54, 1.807) is 14.2 Å². The molecule has 31 heavy (non-hydrogen) atoms. The van der Waals surface area contributed by atoms with E-state index in [0.29, 0.717) is 0 Å². The van der Waals surface area contributed by atoms with Crippen molar-refractivity contribution in [1.29, 1.82) is 0 Å². The third-order valence-electron chi connectivity index (χ3n) is 4.88. The minimum absolute atomic E-state index is 0.789.